The van der Waals surface area contributed by atoms with Crippen molar-refractivity contribution in [3.05, 3.63) is 68.7 Å². The molecule has 0 saturated heterocycles. The van der Waals surface area contributed by atoms with Crippen LogP contribution in [0.4, 0.5) is 11.4 Å². The monoisotopic (exact) mass is 306 g/mol. The molecule has 1 N–H and O–H groups in total. The highest BCUT2D eigenvalue weighted by molar-refractivity contribution is 6.30. The molecule has 21 heavy (non-hydrogen) atoms. The average Bonchev–Trinajstić information content (AvgIpc) is 2.46. The van der Waals surface area contributed by atoms with Crippen molar-refractivity contribution in [2.24, 2.45) is 0 Å². The second-order valence-corrected chi connectivity index (χ2v) is 5.15. The number of hydrogen-bond donors (Lipinski definition) is 1. The minimum atomic E-state index is -0.472. The van der Waals surface area contributed by atoms with Gasteiger partial charge in [-0.05, 0) is 23.8 Å². The van der Waals surface area contributed by atoms with Gasteiger partial charge in [0.2, 0.25) is 0 Å². The molecule has 2 aromatic rings. The summed E-state index contributed by atoms with van der Waals surface area (Å²) >= 11 is 5.96. The van der Waals surface area contributed by atoms with Crippen LogP contribution in [0.1, 0.15) is 11.1 Å². The maximum absolute atomic E-state index is 10.8. The average molecular weight is 307 g/mol. The normalized spacial score (nSPS) is 10.4. The van der Waals surface area contributed by atoms with Gasteiger partial charge in [-0.15, -0.1) is 0 Å². The molecule has 2 rings (SSSR count). The topological polar surface area (TPSA) is 66.6 Å². The van der Waals surface area contributed by atoms with Crippen molar-refractivity contribution in [3.63, 3.8) is 0 Å². The van der Waals surface area contributed by atoms with E-state index in [0.29, 0.717) is 17.1 Å². The van der Waals surface area contributed by atoms with Crippen LogP contribution in [0, 0.1) is 10.1 Å². The number of non-ortho nitro benzene ring substituents is 1. The highest BCUT2D eigenvalue weighted by atomic mass is 35.5. The number of hydrogen-bond acceptors (Lipinski definition) is 4. The van der Waals surface area contributed by atoms with Crippen molar-refractivity contribution < 1.29 is 10.0 Å². The van der Waals surface area contributed by atoms with Crippen LogP contribution >= 0.6 is 11.6 Å². The van der Waals surface area contributed by atoms with E-state index in [0.717, 1.165) is 11.3 Å². The first-order valence-electron chi connectivity index (χ1n) is 6.35. The summed E-state index contributed by atoms with van der Waals surface area (Å²) in [5.74, 6) is 0. The molecule has 2 aromatic carbocycles. The fourth-order valence-corrected chi connectivity index (χ4v) is 2.39. The molecule has 0 aliphatic heterocycles. The predicted molar refractivity (Wildman–Crippen MR) is 82.6 cm³/mol. The predicted octanol–water partition coefficient (Wildman–Crippen LogP) is 3.38. The molecular formula is C15H15ClN2O3. The molecule has 0 unspecified atom stereocenters. The summed E-state index contributed by atoms with van der Waals surface area (Å²) < 4.78 is 0. The number of halogens is 1. The van der Waals surface area contributed by atoms with E-state index in [-0.39, 0.29) is 12.3 Å². The Morgan fingerprint density at radius 1 is 1.29 bits per heavy atom. The lowest BCUT2D eigenvalue weighted by Gasteiger charge is -2.22. The summed E-state index contributed by atoms with van der Waals surface area (Å²) in [6.07, 6.45) is 0. The first-order valence-corrected chi connectivity index (χ1v) is 6.73. The number of aliphatic hydroxyl groups is 1. The van der Waals surface area contributed by atoms with Gasteiger partial charge < -0.3 is 10.0 Å². The Hall–Kier alpha value is -2.11. The fourth-order valence-electron chi connectivity index (χ4n) is 2.18. The van der Waals surface area contributed by atoms with Crippen LogP contribution in [0.15, 0.2) is 42.5 Å². The van der Waals surface area contributed by atoms with Gasteiger partial charge in [-0.3, -0.25) is 10.1 Å². The summed E-state index contributed by atoms with van der Waals surface area (Å²) in [5.41, 5.74) is 2.27. The van der Waals surface area contributed by atoms with E-state index in [9.17, 15) is 15.2 Å². The lowest BCUT2D eigenvalue weighted by atomic mass is 10.1. The zero-order chi connectivity index (χ0) is 15.4. The lowest BCUT2D eigenvalue weighted by Crippen LogP contribution is -2.18. The minimum Gasteiger partial charge on any atom is -0.392 e. The lowest BCUT2D eigenvalue weighted by molar-refractivity contribution is -0.384. The smallest absolute Gasteiger partial charge is 0.269 e. The molecule has 0 aliphatic carbocycles. The maximum Gasteiger partial charge on any atom is 0.269 e. The molecule has 0 aromatic heterocycles. The van der Waals surface area contributed by atoms with Crippen molar-refractivity contribution in [1.82, 2.24) is 0 Å². The van der Waals surface area contributed by atoms with Crippen LogP contribution in [0.2, 0.25) is 5.02 Å². The quantitative estimate of drug-likeness (QED) is 0.679. The van der Waals surface area contributed by atoms with Gasteiger partial charge in [-0.25, -0.2) is 0 Å². The van der Waals surface area contributed by atoms with Crippen LogP contribution in [0.5, 0.6) is 0 Å². The molecule has 110 valence electrons. The van der Waals surface area contributed by atoms with Gasteiger partial charge in [0.05, 0.1) is 11.5 Å². The third-order valence-corrected chi connectivity index (χ3v) is 3.40. The molecular weight excluding hydrogens is 292 g/mol. The van der Waals surface area contributed by atoms with Crippen LogP contribution < -0.4 is 4.90 Å². The second-order valence-electron chi connectivity index (χ2n) is 4.71. The highest BCUT2D eigenvalue weighted by Crippen LogP contribution is 2.26. The van der Waals surface area contributed by atoms with Crippen molar-refractivity contribution >= 4 is 23.0 Å². The molecule has 0 radical (unpaired) electrons. The van der Waals surface area contributed by atoms with Crippen LogP contribution in [0.3, 0.4) is 0 Å². The van der Waals surface area contributed by atoms with E-state index < -0.39 is 4.92 Å². The molecule has 0 heterocycles. The van der Waals surface area contributed by atoms with Crippen molar-refractivity contribution in [2.45, 2.75) is 13.2 Å². The zero-order valence-electron chi connectivity index (χ0n) is 11.5. The van der Waals surface area contributed by atoms with Gasteiger partial charge >= 0.3 is 0 Å². The van der Waals surface area contributed by atoms with Crippen molar-refractivity contribution in [2.75, 3.05) is 11.9 Å². The largest absolute Gasteiger partial charge is 0.392 e. The molecule has 6 heteroatoms. The molecule has 0 spiro atoms. The Morgan fingerprint density at radius 3 is 2.67 bits per heavy atom. The fraction of sp³-hybridized carbons (Fsp3) is 0.200. The third-order valence-electron chi connectivity index (χ3n) is 3.16. The Morgan fingerprint density at radius 2 is 2.05 bits per heavy atom. The van der Waals surface area contributed by atoms with Gasteiger partial charge in [-0.2, -0.15) is 0 Å². The number of anilines is 1. The SMILES string of the molecule is CN(Cc1cccc(Cl)c1)c1ccc([N+](=O)[O-])cc1CO. The van der Waals surface area contributed by atoms with Crippen molar-refractivity contribution in [1.29, 1.82) is 0 Å². The summed E-state index contributed by atoms with van der Waals surface area (Å²) in [6, 6.07) is 12.0. The van der Waals surface area contributed by atoms with E-state index in [4.69, 9.17) is 11.6 Å². The summed E-state index contributed by atoms with van der Waals surface area (Å²) in [5, 5.41) is 20.8. The minimum absolute atomic E-state index is 0.0287. The standard InChI is InChI=1S/C15H15ClN2O3/c1-17(9-11-3-2-4-13(16)7-11)15-6-5-14(18(20)21)8-12(15)10-19/h2-8,19H,9-10H2,1H3. The number of nitrogens with zero attached hydrogens (tertiary/aromatic N) is 2. The maximum atomic E-state index is 10.8. The molecule has 0 aliphatic rings. The molecule has 0 atom stereocenters. The van der Waals surface area contributed by atoms with E-state index in [1.165, 1.54) is 12.1 Å². The molecule has 0 amide bonds. The first kappa shape index (κ1) is 15.3. The van der Waals surface area contributed by atoms with Crippen LogP contribution in [-0.2, 0) is 13.2 Å². The second kappa shape index (κ2) is 6.56. The number of benzene rings is 2. The number of aliphatic hydroxyl groups excluding tert-OH is 1. The van der Waals surface area contributed by atoms with Crippen LogP contribution in [0.25, 0.3) is 0 Å². The summed E-state index contributed by atoms with van der Waals surface area (Å²) in [6.45, 7) is 0.336. The zero-order valence-corrected chi connectivity index (χ0v) is 12.2. The summed E-state index contributed by atoms with van der Waals surface area (Å²) in [7, 11) is 1.86. The summed E-state index contributed by atoms with van der Waals surface area (Å²) in [4.78, 5) is 12.2. The molecule has 0 saturated carbocycles. The Balaban J connectivity index is 2.26. The number of nitro benzene ring substituents is 1. The molecule has 0 bridgehead atoms. The number of rotatable bonds is 5. The van der Waals surface area contributed by atoms with Gasteiger partial charge in [0.15, 0.2) is 0 Å². The van der Waals surface area contributed by atoms with Gasteiger partial charge in [-0.1, -0.05) is 23.7 Å². The first-order chi connectivity index (χ1) is 10.0. The number of nitro groups is 1. The van der Waals surface area contributed by atoms with Gasteiger partial charge in [0, 0.05) is 42.0 Å². The molecule has 5 nitrogen and oxygen atoms in total. The highest BCUT2D eigenvalue weighted by Gasteiger charge is 2.13. The van der Waals surface area contributed by atoms with E-state index >= 15 is 0 Å². The third kappa shape index (κ3) is 3.71. The Labute approximate surface area is 127 Å². The van der Waals surface area contributed by atoms with Crippen molar-refractivity contribution in [3.8, 4) is 0 Å². The Kier molecular flexibility index (Phi) is 4.77. The molecule has 0 fully saturated rings. The van der Waals surface area contributed by atoms with E-state index in [1.807, 2.05) is 30.1 Å². The van der Waals surface area contributed by atoms with Crippen LogP contribution in [-0.4, -0.2) is 17.1 Å². The van der Waals surface area contributed by atoms with Gasteiger partial charge in [0.1, 0.15) is 0 Å². The Bertz CT molecular complexity index is 661. The van der Waals surface area contributed by atoms with E-state index in [2.05, 4.69) is 0 Å². The van der Waals surface area contributed by atoms with Gasteiger partial charge in [0.25, 0.3) is 5.69 Å². The van der Waals surface area contributed by atoms with E-state index in [1.54, 1.807) is 12.1 Å².